The second kappa shape index (κ2) is 9.14. The van der Waals surface area contributed by atoms with Crippen molar-refractivity contribution >= 4 is 74.4 Å². The number of fused-ring (bicyclic) bond motifs is 4. The van der Waals surface area contributed by atoms with Crippen LogP contribution in [0.4, 0.5) is 0 Å². The molecule has 1 saturated carbocycles. The van der Waals surface area contributed by atoms with E-state index in [1.807, 2.05) is 13.0 Å². The first kappa shape index (κ1) is 26.8. The van der Waals surface area contributed by atoms with Gasteiger partial charge in [-0.2, -0.15) is 0 Å². The Morgan fingerprint density at radius 3 is 2.43 bits per heavy atom. The van der Waals surface area contributed by atoms with Gasteiger partial charge in [-0.25, -0.2) is 0 Å². The highest BCUT2D eigenvalue weighted by molar-refractivity contribution is 9.09. The molecule has 0 bridgehead atoms. The average Bonchev–Trinajstić information content (AvgIpc) is 3.19. The molecule has 0 radical (unpaired) electrons. The minimum atomic E-state index is -1.95. The number of carbonyl (C=O) groups is 4. The number of methoxy groups -OCH3 is 1. The lowest BCUT2D eigenvalue weighted by molar-refractivity contribution is -0.141. The Morgan fingerprint density at radius 2 is 1.81 bits per heavy atom. The maximum absolute atomic E-state index is 13.7. The molecule has 0 aromatic heterocycles. The molecule has 1 N–H and O–H groups in total. The van der Waals surface area contributed by atoms with Gasteiger partial charge in [0.1, 0.15) is 0 Å². The number of ether oxygens (including phenoxy) is 1. The fourth-order valence-corrected chi connectivity index (χ4v) is 8.20. The molecule has 1 aromatic carbocycles. The molecule has 2 heterocycles. The van der Waals surface area contributed by atoms with Crippen LogP contribution in [0, 0.1) is 17.8 Å². The van der Waals surface area contributed by atoms with Crippen LogP contribution in [0.25, 0.3) is 0 Å². The summed E-state index contributed by atoms with van der Waals surface area (Å²) in [6, 6.07) is 2.96. The first-order valence-corrected chi connectivity index (χ1v) is 14.1. The van der Waals surface area contributed by atoms with Crippen LogP contribution in [-0.4, -0.2) is 67.4 Å². The largest absolute Gasteiger partial charge is 0.503 e. The highest BCUT2D eigenvalue weighted by atomic mass is 79.9. The number of benzene rings is 1. The van der Waals surface area contributed by atoms with E-state index in [0.29, 0.717) is 24.1 Å². The third kappa shape index (κ3) is 3.39. The van der Waals surface area contributed by atoms with Gasteiger partial charge in [-0.05, 0) is 42.9 Å². The maximum Gasteiger partial charge on any atom is 0.254 e. The SMILES string of the molecule is CCCN1C(=O)C2CC=C3C(CC4(Cl)C(=O)N(CBr)C(=O)C4(Cl)C3c3cc(Cl)c(O)c(OC)c3)C2C1=O. The third-order valence-electron chi connectivity index (χ3n) is 8.16. The Kier molecular flexibility index (Phi) is 6.62. The van der Waals surface area contributed by atoms with Crippen molar-refractivity contribution in [3.8, 4) is 11.5 Å². The van der Waals surface area contributed by atoms with Crippen molar-refractivity contribution in [2.24, 2.45) is 17.8 Å². The molecule has 1 aromatic rings. The summed E-state index contributed by atoms with van der Waals surface area (Å²) in [5, 5.41) is 10.3. The number of likely N-dealkylation sites (tertiary alicyclic amines) is 2. The van der Waals surface area contributed by atoms with Crippen molar-refractivity contribution in [2.75, 3.05) is 19.1 Å². The van der Waals surface area contributed by atoms with Gasteiger partial charge in [-0.1, -0.05) is 46.1 Å². The molecule has 0 spiro atoms. The van der Waals surface area contributed by atoms with E-state index in [0.717, 1.165) is 4.90 Å². The number of rotatable bonds is 5. The van der Waals surface area contributed by atoms with Gasteiger partial charge >= 0.3 is 0 Å². The summed E-state index contributed by atoms with van der Waals surface area (Å²) < 4.78 is 5.29. The van der Waals surface area contributed by atoms with Crippen molar-refractivity contribution in [3.63, 3.8) is 0 Å². The van der Waals surface area contributed by atoms with E-state index in [2.05, 4.69) is 15.9 Å². The molecule has 6 atom stereocenters. The van der Waals surface area contributed by atoms with Gasteiger partial charge in [-0.15, -0.1) is 23.2 Å². The molecule has 198 valence electrons. The van der Waals surface area contributed by atoms with Crippen LogP contribution in [0.3, 0.4) is 0 Å². The normalized spacial score (nSPS) is 34.9. The number of allylic oxidation sites excluding steroid dienone is 2. The van der Waals surface area contributed by atoms with Crippen LogP contribution < -0.4 is 4.74 Å². The predicted molar refractivity (Wildman–Crippen MR) is 140 cm³/mol. The van der Waals surface area contributed by atoms with Gasteiger partial charge in [-0.3, -0.25) is 29.0 Å². The molecule has 2 aliphatic heterocycles. The second-order valence-electron chi connectivity index (χ2n) is 9.87. The molecule has 4 amide bonds. The van der Waals surface area contributed by atoms with E-state index in [4.69, 9.17) is 39.5 Å². The molecule has 4 aliphatic rings. The van der Waals surface area contributed by atoms with Crippen molar-refractivity contribution < 1.29 is 29.0 Å². The zero-order chi connectivity index (χ0) is 27.0. The van der Waals surface area contributed by atoms with Crippen molar-refractivity contribution in [1.29, 1.82) is 0 Å². The summed E-state index contributed by atoms with van der Waals surface area (Å²) in [5.74, 6) is -5.03. The van der Waals surface area contributed by atoms with Gasteiger partial charge in [0.2, 0.25) is 11.8 Å². The van der Waals surface area contributed by atoms with E-state index >= 15 is 0 Å². The third-order valence-corrected chi connectivity index (χ3v) is 10.4. The predicted octanol–water partition coefficient (Wildman–Crippen LogP) is 4.18. The zero-order valence-corrected chi connectivity index (χ0v) is 23.8. The molecular formula is C25H24BrCl3N2O6. The van der Waals surface area contributed by atoms with Gasteiger partial charge in [0.05, 0.1) is 29.4 Å². The van der Waals surface area contributed by atoms with E-state index in [9.17, 15) is 24.3 Å². The minimum absolute atomic E-state index is 0.0402. The number of hydrogen-bond acceptors (Lipinski definition) is 6. The lowest BCUT2D eigenvalue weighted by Crippen LogP contribution is -2.60. The number of aromatic hydroxyl groups is 1. The lowest BCUT2D eigenvalue weighted by atomic mass is 9.56. The first-order chi connectivity index (χ1) is 17.5. The maximum atomic E-state index is 13.7. The van der Waals surface area contributed by atoms with Gasteiger partial charge in [0, 0.05) is 12.5 Å². The fraction of sp³-hybridized carbons (Fsp3) is 0.520. The molecule has 6 unspecified atom stereocenters. The van der Waals surface area contributed by atoms with E-state index in [1.54, 1.807) is 0 Å². The van der Waals surface area contributed by atoms with Crippen LogP contribution in [0.15, 0.2) is 23.8 Å². The number of halogens is 4. The molecule has 12 heteroatoms. The summed E-state index contributed by atoms with van der Waals surface area (Å²) >= 11 is 23.8. The van der Waals surface area contributed by atoms with Crippen LogP contribution in [0.1, 0.15) is 37.7 Å². The molecule has 5 rings (SSSR count). The zero-order valence-electron chi connectivity index (χ0n) is 20.0. The van der Waals surface area contributed by atoms with Crippen LogP contribution in [-0.2, 0) is 19.2 Å². The number of hydrogen-bond donors (Lipinski definition) is 1. The first-order valence-electron chi connectivity index (χ1n) is 11.9. The van der Waals surface area contributed by atoms with Crippen molar-refractivity contribution in [1.82, 2.24) is 9.80 Å². The minimum Gasteiger partial charge on any atom is -0.503 e. The fourth-order valence-electron chi connectivity index (χ4n) is 6.55. The average molecular weight is 635 g/mol. The Morgan fingerprint density at radius 1 is 1.11 bits per heavy atom. The quantitative estimate of drug-likeness (QED) is 0.226. The monoisotopic (exact) mass is 632 g/mol. The molecule has 3 fully saturated rings. The molecular weight excluding hydrogens is 611 g/mol. The Hall–Kier alpha value is -1.81. The number of imide groups is 2. The number of phenols is 1. The summed E-state index contributed by atoms with van der Waals surface area (Å²) in [6.45, 7) is 2.19. The molecule has 2 aliphatic carbocycles. The summed E-state index contributed by atoms with van der Waals surface area (Å²) in [5.41, 5.74) is 0.930. The van der Waals surface area contributed by atoms with E-state index < -0.39 is 45.2 Å². The standard InChI is InChI=1S/C25H24BrCl3N2O6/c1-3-6-30-20(33)13-5-4-12-14(17(13)21(30)34)9-24(28)22(35)31(10-26)23(36)25(24,29)18(12)11-7-15(27)19(32)16(8-11)37-2/h4,7-8,13-14,17-18,32H,3,5-6,9-10H2,1-2H3. The smallest absolute Gasteiger partial charge is 0.254 e. The highest BCUT2D eigenvalue weighted by Gasteiger charge is 2.76. The van der Waals surface area contributed by atoms with E-state index in [-0.39, 0.29) is 46.6 Å². The summed E-state index contributed by atoms with van der Waals surface area (Å²) in [6.07, 6.45) is 2.66. The van der Waals surface area contributed by atoms with Gasteiger partial charge in [0.25, 0.3) is 11.8 Å². The Labute approximate surface area is 237 Å². The number of nitrogens with zero attached hydrogens (tertiary/aromatic N) is 2. The summed E-state index contributed by atoms with van der Waals surface area (Å²) in [4.78, 5) is 52.4. The topological polar surface area (TPSA) is 104 Å². The van der Waals surface area contributed by atoms with E-state index in [1.165, 1.54) is 24.1 Å². The number of carbonyl (C=O) groups excluding carboxylic acids is 4. The second-order valence-corrected chi connectivity index (χ2v) is 12.0. The highest BCUT2D eigenvalue weighted by Crippen LogP contribution is 2.66. The molecule has 37 heavy (non-hydrogen) atoms. The van der Waals surface area contributed by atoms with Gasteiger partial charge < -0.3 is 9.84 Å². The lowest BCUT2D eigenvalue weighted by Gasteiger charge is -2.50. The number of alkyl halides is 3. The van der Waals surface area contributed by atoms with Crippen molar-refractivity contribution in [2.45, 2.75) is 41.9 Å². The Bertz CT molecular complexity index is 1270. The van der Waals surface area contributed by atoms with Gasteiger partial charge in [0.15, 0.2) is 21.2 Å². The molecule has 8 nitrogen and oxygen atoms in total. The van der Waals surface area contributed by atoms with Crippen LogP contribution >= 0.6 is 50.7 Å². The van der Waals surface area contributed by atoms with Crippen LogP contribution in [0.2, 0.25) is 5.02 Å². The van der Waals surface area contributed by atoms with Crippen molar-refractivity contribution in [3.05, 3.63) is 34.4 Å². The Balaban J connectivity index is 1.74. The number of amides is 4. The summed E-state index contributed by atoms with van der Waals surface area (Å²) in [7, 11) is 1.35. The number of phenolic OH excluding ortho intramolecular Hbond substituents is 1. The van der Waals surface area contributed by atoms with Crippen LogP contribution in [0.5, 0.6) is 11.5 Å². The molecule has 2 saturated heterocycles.